The number of carbonyl (C=O) groups excluding carboxylic acids is 2. The molecule has 0 fully saturated rings. The highest BCUT2D eigenvalue weighted by Gasteiger charge is 2.30. The van der Waals surface area contributed by atoms with E-state index in [1.54, 1.807) is 32.7 Å². The summed E-state index contributed by atoms with van der Waals surface area (Å²) >= 11 is 0. The number of nitrogens with one attached hydrogen (secondary N) is 1. The second kappa shape index (κ2) is 8.60. The number of hydrogen-bond donors (Lipinski definition) is 1. The maximum absolute atomic E-state index is 12.8. The molecule has 1 heterocycles. The Balaban J connectivity index is 2.12. The van der Waals surface area contributed by atoms with Gasteiger partial charge in [0.15, 0.2) is 5.78 Å². The first-order valence-corrected chi connectivity index (χ1v) is 8.78. The zero-order valence-corrected chi connectivity index (χ0v) is 16.2. The van der Waals surface area contributed by atoms with E-state index in [0.717, 1.165) is 12.1 Å². The Labute approximate surface area is 161 Å². The lowest BCUT2D eigenvalue weighted by Crippen LogP contribution is -2.27. The van der Waals surface area contributed by atoms with Crippen LogP contribution in [-0.2, 0) is 17.5 Å². The summed E-state index contributed by atoms with van der Waals surface area (Å²) in [6.07, 6.45) is -4.38. The third-order valence-electron chi connectivity index (χ3n) is 4.28. The highest BCUT2D eigenvalue weighted by atomic mass is 19.4. The van der Waals surface area contributed by atoms with Gasteiger partial charge in [-0.25, -0.2) is 4.79 Å². The molecule has 0 amide bonds. The molecule has 0 spiro atoms. The molecule has 0 saturated heterocycles. The number of ketones is 1. The lowest BCUT2D eigenvalue weighted by atomic mass is 10.0. The van der Waals surface area contributed by atoms with E-state index in [1.165, 1.54) is 12.1 Å². The summed E-state index contributed by atoms with van der Waals surface area (Å²) in [6.45, 7) is 5.59. The summed E-state index contributed by atoms with van der Waals surface area (Å²) in [4.78, 5) is 29.6. The van der Waals surface area contributed by atoms with Gasteiger partial charge in [-0.2, -0.15) is 13.2 Å². The molecule has 2 aromatic rings. The van der Waals surface area contributed by atoms with Crippen LogP contribution in [-0.4, -0.2) is 41.8 Å². The highest BCUT2D eigenvalue weighted by Crippen LogP contribution is 2.29. The first-order chi connectivity index (χ1) is 13.0. The number of benzene rings is 1. The zero-order chi connectivity index (χ0) is 21.1. The number of aryl methyl sites for hydroxylation is 2. The van der Waals surface area contributed by atoms with Crippen LogP contribution in [0.3, 0.4) is 0 Å². The lowest BCUT2D eigenvalue weighted by Gasteiger charge is -2.17. The van der Waals surface area contributed by atoms with Gasteiger partial charge in [-0.15, -0.1) is 0 Å². The summed E-state index contributed by atoms with van der Waals surface area (Å²) in [5, 5.41) is 0. The molecule has 0 aliphatic carbocycles. The Kier molecular flexibility index (Phi) is 6.66. The predicted molar refractivity (Wildman–Crippen MR) is 98.3 cm³/mol. The van der Waals surface area contributed by atoms with E-state index in [1.807, 2.05) is 0 Å². The number of aromatic amines is 1. The van der Waals surface area contributed by atoms with Gasteiger partial charge < -0.3 is 9.72 Å². The number of aromatic nitrogens is 1. The molecule has 152 valence electrons. The van der Waals surface area contributed by atoms with Crippen LogP contribution in [0.2, 0.25) is 0 Å². The van der Waals surface area contributed by atoms with Gasteiger partial charge in [0.25, 0.3) is 0 Å². The number of nitrogens with zero attached hydrogens (tertiary/aromatic N) is 1. The molecule has 0 unspecified atom stereocenters. The molecule has 1 aromatic heterocycles. The van der Waals surface area contributed by atoms with Crippen molar-refractivity contribution in [3.63, 3.8) is 0 Å². The van der Waals surface area contributed by atoms with Crippen LogP contribution in [0.5, 0.6) is 0 Å². The molecule has 0 bridgehead atoms. The maximum Gasteiger partial charge on any atom is 0.416 e. The van der Waals surface area contributed by atoms with Gasteiger partial charge in [0.05, 0.1) is 29.8 Å². The Morgan fingerprint density at radius 2 is 1.64 bits per heavy atom. The van der Waals surface area contributed by atoms with Crippen molar-refractivity contribution in [3.05, 3.63) is 57.9 Å². The van der Waals surface area contributed by atoms with Crippen molar-refractivity contribution in [2.75, 3.05) is 20.2 Å². The minimum absolute atomic E-state index is 0.00552. The number of halogens is 3. The second-order valence-corrected chi connectivity index (χ2v) is 6.64. The predicted octanol–water partition coefficient (Wildman–Crippen LogP) is 4.14. The van der Waals surface area contributed by atoms with Crippen molar-refractivity contribution in [2.45, 2.75) is 33.5 Å². The largest absolute Gasteiger partial charge is 0.462 e. The summed E-state index contributed by atoms with van der Waals surface area (Å²) < 4.78 is 43.0. The van der Waals surface area contributed by atoms with Crippen molar-refractivity contribution in [2.24, 2.45) is 0 Å². The number of ether oxygens (including phenoxy) is 1. The molecule has 28 heavy (non-hydrogen) atoms. The smallest absolute Gasteiger partial charge is 0.416 e. The number of H-pyrrole nitrogens is 1. The van der Waals surface area contributed by atoms with E-state index in [2.05, 4.69) is 4.98 Å². The second-order valence-electron chi connectivity index (χ2n) is 6.64. The number of Topliss-reactive ketones (excluding diaryl/α,β-unsaturated/α-hetero) is 1. The van der Waals surface area contributed by atoms with Crippen LogP contribution in [0, 0.1) is 13.8 Å². The SMILES string of the molecule is CCOC(=O)c1c(C)[nH]c(C)c1C(=O)CN(C)Cc1ccc(C(F)(F)F)cc1. The molecular formula is C20H23F3N2O3. The van der Waals surface area contributed by atoms with Crippen molar-refractivity contribution in [1.82, 2.24) is 9.88 Å². The fourth-order valence-electron chi connectivity index (χ4n) is 3.08. The van der Waals surface area contributed by atoms with E-state index in [4.69, 9.17) is 4.74 Å². The van der Waals surface area contributed by atoms with Gasteiger partial charge in [-0.1, -0.05) is 12.1 Å². The fraction of sp³-hybridized carbons (Fsp3) is 0.400. The third-order valence-corrected chi connectivity index (χ3v) is 4.28. The van der Waals surface area contributed by atoms with Crippen LogP contribution in [0.15, 0.2) is 24.3 Å². The first-order valence-electron chi connectivity index (χ1n) is 8.78. The fourth-order valence-corrected chi connectivity index (χ4v) is 3.08. The van der Waals surface area contributed by atoms with Crippen molar-refractivity contribution >= 4 is 11.8 Å². The van der Waals surface area contributed by atoms with Gasteiger partial charge in [-0.05, 0) is 45.5 Å². The number of hydrogen-bond acceptors (Lipinski definition) is 4. The molecule has 0 aliphatic rings. The quantitative estimate of drug-likeness (QED) is 0.564. The number of carbonyl (C=O) groups is 2. The number of likely N-dealkylation sites (N-methyl/N-ethyl adjacent to an activating group) is 1. The third kappa shape index (κ3) is 5.01. The van der Waals surface area contributed by atoms with Gasteiger partial charge in [0.1, 0.15) is 0 Å². The Morgan fingerprint density at radius 1 is 1.07 bits per heavy atom. The summed E-state index contributed by atoms with van der Waals surface area (Å²) in [5.41, 5.74) is 1.59. The monoisotopic (exact) mass is 396 g/mol. The van der Waals surface area contributed by atoms with Crippen LogP contribution < -0.4 is 0 Å². The van der Waals surface area contributed by atoms with Crippen molar-refractivity contribution in [1.29, 1.82) is 0 Å². The molecule has 2 rings (SSSR count). The Morgan fingerprint density at radius 3 is 2.18 bits per heavy atom. The van der Waals surface area contributed by atoms with E-state index < -0.39 is 17.7 Å². The molecule has 0 aliphatic heterocycles. The van der Waals surface area contributed by atoms with Crippen LogP contribution in [0.25, 0.3) is 0 Å². The van der Waals surface area contributed by atoms with Gasteiger partial charge >= 0.3 is 12.1 Å². The summed E-state index contributed by atoms with van der Waals surface area (Å²) in [7, 11) is 1.69. The summed E-state index contributed by atoms with van der Waals surface area (Å²) in [5.74, 6) is -0.822. The highest BCUT2D eigenvalue weighted by molar-refractivity contribution is 6.09. The zero-order valence-electron chi connectivity index (χ0n) is 16.2. The lowest BCUT2D eigenvalue weighted by molar-refractivity contribution is -0.137. The number of rotatable bonds is 7. The van der Waals surface area contributed by atoms with Crippen molar-refractivity contribution < 1.29 is 27.5 Å². The van der Waals surface area contributed by atoms with Gasteiger partial charge in [0, 0.05) is 17.9 Å². The van der Waals surface area contributed by atoms with Crippen LogP contribution >= 0.6 is 0 Å². The normalized spacial score (nSPS) is 11.7. The Hall–Kier alpha value is -2.61. The molecule has 0 radical (unpaired) electrons. The molecular weight excluding hydrogens is 373 g/mol. The maximum atomic E-state index is 12.8. The molecule has 1 aromatic carbocycles. The van der Waals surface area contributed by atoms with Gasteiger partial charge in [-0.3, -0.25) is 9.69 Å². The van der Waals surface area contributed by atoms with Crippen LogP contribution in [0.4, 0.5) is 13.2 Å². The molecule has 5 nitrogen and oxygen atoms in total. The average molecular weight is 396 g/mol. The Bertz CT molecular complexity index is 855. The molecule has 1 N–H and O–H groups in total. The van der Waals surface area contributed by atoms with Crippen molar-refractivity contribution in [3.8, 4) is 0 Å². The molecule has 8 heteroatoms. The standard InChI is InChI=1S/C20H23F3N2O3/c1-5-28-19(27)18-13(3)24-12(2)17(18)16(26)11-25(4)10-14-6-8-15(9-7-14)20(21,22)23/h6-9,24H,5,10-11H2,1-4H3. The van der Waals surface area contributed by atoms with Gasteiger partial charge in [0.2, 0.25) is 0 Å². The minimum atomic E-state index is -4.38. The number of alkyl halides is 3. The first kappa shape index (κ1) is 21.7. The topological polar surface area (TPSA) is 62.4 Å². The summed E-state index contributed by atoms with van der Waals surface area (Å²) in [6, 6.07) is 4.81. The minimum Gasteiger partial charge on any atom is -0.462 e. The average Bonchev–Trinajstić information content (AvgIpc) is 2.88. The van der Waals surface area contributed by atoms with E-state index in [-0.39, 0.29) is 30.1 Å². The van der Waals surface area contributed by atoms with E-state index >= 15 is 0 Å². The number of esters is 1. The van der Waals surface area contributed by atoms with E-state index in [0.29, 0.717) is 23.5 Å². The molecule has 0 atom stereocenters. The van der Waals surface area contributed by atoms with E-state index in [9.17, 15) is 22.8 Å². The van der Waals surface area contributed by atoms with Crippen LogP contribution in [0.1, 0.15) is 50.2 Å². The molecule has 0 saturated carbocycles.